The molecule has 3 aromatic carbocycles. The zero-order valence-electron chi connectivity index (χ0n) is 20.2. The van der Waals surface area contributed by atoms with Crippen LogP contribution in [0.2, 0.25) is 0 Å². The van der Waals surface area contributed by atoms with Gasteiger partial charge in [0.1, 0.15) is 0 Å². The Balaban J connectivity index is 1.70. The molecule has 1 amide bonds. The van der Waals surface area contributed by atoms with Crippen molar-refractivity contribution in [2.75, 3.05) is 5.32 Å². The van der Waals surface area contributed by atoms with E-state index in [2.05, 4.69) is 53.7 Å². The normalized spacial score (nSPS) is 11.4. The molecule has 0 fully saturated rings. The number of benzene rings is 3. The molecule has 0 spiro atoms. The van der Waals surface area contributed by atoms with Gasteiger partial charge in [-0.2, -0.15) is 0 Å². The Bertz CT molecular complexity index is 1310. The maximum Gasteiger partial charge on any atom is 0.228 e. The van der Waals surface area contributed by atoms with Crippen LogP contribution >= 0.6 is 11.8 Å². The maximum atomic E-state index is 13.0. The Kier molecular flexibility index (Phi) is 6.84. The first kappa shape index (κ1) is 23.7. The van der Waals surface area contributed by atoms with Crippen LogP contribution in [0.5, 0.6) is 0 Å². The lowest BCUT2D eigenvalue weighted by Crippen LogP contribution is -2.16. The van der Waals surface area contributed by atoms with Crippen molar-refractivity contribution in [3.63, 3.8) is 0 Å². The maximum absolute atomic E-state index is 13.0. The molecule has 34 heavy (non-hydrogen) atoms. The molecule has 0 unspecified atom stereocenters. The second-order valence-electron chi connectivity index (χ2n) is 9.31. The number of hydrogen-bond donors (Lipinski definition) is 1. The van der Waals surface area contributed by atoms with E-state index < -0.39 is 0 Å². The van der Waals surface area contributed by atoms with Crippen LogP contribution in [0.25, 0.3) is 22.5 Å². The molecule has 1 aromatic heterocycles. The average Bonchev–Trinajstić information content (AvgIpc) is 3.21. The number of anilines is 1. The fraction of sp³-hybridized carbons (Fsp3) is 0.259. The number of thioether (sulfide) groups is 1. The van der Waals surface area contributed by atoms with Crippen LogP contribution in [-0.4, -0.2) is 30.9 Å². The van der Waals surface area contributed by atoms with Crippen LogP contribution in [0.4, 0.5) is 5.69 Å². The number of rotatable bonds is 6. The van der Waals surface area contributed by atoms with Gasteiger partial charge in [-0.15, -0.1) is 16.9 Å². The van der Waals surface area contributed by atoms with E-state index in [1.54, 1.807) is 16.4 Å². The predicted molar refractivity (Wildman–Crippen MR) is 139 cm³/mol. The second-order valence-corrected chi connectivity index (χ2v) is 11.2. The number of amides is 1. The summed E-state index contributed by atoms with van der Waals surface area (Å²) in [6.45, 7) is 8.54. The van der Waals surface area contributed by atoms with Gasteiger partial charge in [0.05, 0.1) is 12.1 Å². The Morgan fingerprint density at radius 1 is 1.00 bits per heavy atom. The number of hydrogen-bond acceptors (Lipinski definition) is 5. The summed E-state index contributed by atoms with van der Waals surface area (Å²) >= 11 is 1.73. The molecular weight excluding hydrogens is 442 g/mol. The van der Waals surface area contributed by atoms with Crippen LogP contribution in [0.1, 0.15) is 31.9 Å². The summed E-state index contributed by atoms with van der Waals surface area (Å²) in [7, 11) is 1.83. The Hall–Kier alpha value is -3.45. The highest BCUT2D eigenvalue weighted by atomic mass is 32.2. The first-order valence-electron chi connectivity index (χ1n) is 11.2. The molecule has 174 valence electrons. The molecule has 0 saturated carbocycles. The Morgan fingerprint density at radius 3 is 2.35 bits per heavy atom. The third-order valence-electron chi connectivity index (χ3n) is 5.25. The van der Waals surface area contributed by atoms with Gasteiger partial charge in [0, 0.05) is 22.3 Å². The summed E-state index contributed by atoms with van der Waals surface area (Å²) in [4.78, 5) is 14.0. The van der Waals surface area contributed by atoms with Crippen LogP contribution in [0.3, 0.4) is 0 Å². The van der Waals surface area contributed by atoms with Crippen molar-refractivity contribution in [2.24, 2.45) is 7.05 Å². The van der Waals surface area contributed by atoms with Gasteiger partial charge in [-0.25, -0.2) is 4.68 Å². The third kappa shape index (κ3) is 5.72. The van der Waals surface area contributed by atoms with E-state index in [9.17, 15) is 4.79 Å². The van der Waals surface area contributed by atoms with E-state index in [1.807, 2.05) is 68.6 Å². The number of carbonyl (C=O) groups is 1. The summed E-state index contributed by atoms with van der Waals surface area (Å²) in [6.07, 6.45) is 0.325. The van der Waals surface area contributed by atoms with E-state index in [0.717, 1.165) is 32.8 Å². The lowest BCUT2D eigenvalue weighted by Gasteiger charge is -2.21. The zero-order valence-corrected chi connectivity index (χ0v) is 21.0. The molecule has 1 N–H and O–H groups in total. The topological polar surface area (TPSA) is 72.7 Å². The van der Waals surface area contributed by atoms with Crippen molar-refractivity contribution in [1.29, 1.82) is 0 Å². The van der Waals surface area contributed by atoms with Crippen LogP contribution < -0.4 is 5.32 Å². The van der Waals surface area contributed by atoms with Gasteiger partial charge < -0.3 is 5.32 Å². The fourth-order valence-electron chi connectivity index (χ4n) is 3.69. The number of aryl methyl sites for hydroxylation is 2. The molecule has 0 radical (unpaired) electrons. The molecule has 4 rings (SSSR count). The van der Waals surface area contributed by atoms with E-state index in [4.69, 9.17) is 0 Å². The summed E-state index contributed by atoms with van der Waals surface area (Å²) < 4.78 is 1.66. The van der Waals surface area contributed by atoms with Crippen molar-refractivity contribution >= 4 is 23.4 Å². The van der Waals surface area contributed by atoms with Gasteiger partial charge >= 0.3 is 0 Å². The summed E-state index contributed by atoms with van der Waals surface area (Å²) in [6, 6.07) is 22.3. The van der Waals surface area contributed by atoms with Crippen LogP contribution in [0, 0.1) is 6.92 Å². The van der Waals surface area contributed by atoms with Crippen molar-refractivity contribution < 1.29 is 4.79 Å². The molecule has 0 aliphatic heterocycles. The third-order valence-corrected chi connectivity index (χ3v) is 6.44. The lowest BCUT2D eigenvalue weighted by atomic mass is 9.98. The standard InChI is InChI=1S/C27H29N5OS/c1-18-10-12-19(13-11-18)16-25(33)28-23-17-20(14-15-24(23)34-27(2,3)4)21-8-6-7-9-22(21)26-29-30-31-32(26)5/h6-15,17H,16H2,1-5H3,(H,28,33). The number of tetrazole rings is 1. The molecule has 1 heterocycles. The van der Waals surface area contributed by atoms with Crippen molar-refractivity contribution in [3.8, 4) is 22.5 Å². The molecule has 0 atom stereocenters. The average molecular weight is 472 g/mol. The lowest BCUT2D eigenvalue weighted by molar-refractivity contribution is -0.115. The number of nitrogens with one attached hydrogen (secondary N) is 1. The van der Waals surface area contributed by atoms with E-state index in [1.165, 1.54) is 5.56 Å². The van der Waals surface area contributed by atoms with Gasteiger partial charge in [0.15, 0.2) is 5.82 Å². The van der Waals surface area contributed by atoms with Gasteiger partial charge in [-0.3, -0.25) is 4.79 Å². The van der Waals surface area contributed by atoms with E-state index >= 15 is 0 Å². The first-order chi connectivity index (χ1) is 16.2. The number of carbonyl (C=O) groups excluding carboxylic acids is 1. The van der Waals surface area contributed by atoms with Gasteiger partial charge in [-0.1, -0.05) is 80.9 Å². The van der Waals surface area contributed by atoms with Gasteiger partial charge in [0.2, 0.25) is 5.91 Å². The summed E-state index contributed by atoms with van der Waals surface area (Å²) in [5, 5.41) is 15.1. The summed E-state index contributed by atoms with van der Waals surface area (Å²) in [5.74, 6) is 0.649. The largest absolute Gasteiger partial charge is 0.325 e. The van der Waals surface area contributed by atoms with Crippen molar-refractivity contribution in [3.05, 3.63) is 77.9 Å². The predicted octanol–water partition coefficient (Wildman–Crippen LogP) is 5.92. The number of aromatic nitrogens is 4. The quantitative estimate of drug-likeness (QED) is 0.353. The minimum absolute atomic E-state index is 0.000157. The first-order valence-corrected chi connectivity index (χ1v) is 12.0. The minimum atomic E-state index is -0.0393. The highest BCUT2D eigenvalue weighted by Gasteiger charge is 2.19. The smallest absolute Gasteiger partial charge is 0.228 e. The Morgan fingerprint density at radius 2 is 1.71 bits per heavy atom. The van der Waals surface area contributed by atoms with Crippen LogP contribution in [-0.2, 0) is 18.3 Å². The molecule has 0 aliphatic carbocycles. The van der Waals surface area contributed by atoms with Gasteiger partial charge in [0.25, 0.3) is 0 Å². The summed E-state index contributed by atoms with van der Waals surface area (Å²) in [5.41, 5.74) is 5.90. The molecule has 0 saturated heterocycles. The molecule has 0 aliphatic rings. The van der Waals surface area contributed by atoms with Crippen molar-refractivity contribution in [1.82, 2.24) is 20.2 Å². The molecule has 6 nitrogen and oxygen atoms in total. The minimum Gasteiger partial charge on any atom is -0.325 e. The molecule has 7 heteroatoms. The van der Waals surface area contributed by atoms with E-state index in [0.29, 0.717) is 12.2 Å². The zero-order chi connectivity index (χ0) is 24.3. The molecular formula is C27H29N5OS. The van der Waals surface area contributed by atoms with Gasteiger partial charge in [-0.05, 0) is 46.2 Å². The second kappa shape index (κ2) is 9.81. The van der Waals surface area contributed by atoms with Crippen LogP contribution in [0.15, 0.2) is 71.6 Å². The molecule has 4 aromatic rings. The number of nitrogens with zero attached hydrogens (tertiary/aromatic N) is 4. The Labute approximate surface area is 204 Å². The SMILES string of the molecule is Cc1ccc(CC(=O)Nc2cc(-c3ccccc3-c3nnnn3C)ccc2SC(C)(C)C)cc1. The van der Waals surface area contributed by atoms with Crippen molar-refractivity contribution in [2.45, 2.75) is 43.8 Å². The molecule has 0 bridgehead atoms. The fourth-order valence-corrected chi connectivity index (χ4v) is 4.70. The highest BCUT2D eigenvalue weighted by molar-refractivity contribution is 8.00. The monoisotopic (exact) mass is 471 g/mol. The highest BCUT2D eigenvalue weighted by Crippen LogP contribution is 2.40. The van der Waals surface area contributed by atoms with E-state index in [-0.39, 0.29) is 10.7 Å².